The fourth-order valence-corrected chi connectivity index (χ4v) is 3.01. The normalized spacial score (nSPS) is 17.2. The minimum atomic E-state index is -3.82. The van der Waals surface area contributed by atoms with E-state index in [9.17, 15) is 28.7 Å². The van der Waals surface area contributed by atoms with Crippen LogP contribution in [0.5, 0.6) is 0 Å². The molecule has 2 heterocycles. The number of urea groups is 1. The van der Waals surface area contributed by atoms with Crippen molar-refractivity contribution in [2.24, 2.45) is 0 Å². The van der Waals surface area contributed by atoms with E-state index in [-0.39, 0.29) is 27.9 Å². The summed E-state index contributed by atoms with van der Waals surface area (Å²) in [5.74, 6) is 0. The smallest absolute Gasteiger partial charge is 0.339 e. The van der Waals surface area contributed by atoms with Gasteiger partial charge in [-0.2, -0.15) is 0 Å². The molecule has 0 radical (unpaired) electrons. The van der Waals surface area contributed by atoms with Crippen LogP contribution in [0.3, 0.4) is 0 Å². The van der Waals surface area contributed by atoms with Crippen molar-refractivity contribution in [1.82, 2.24) is 14.4 Å². The lowest BCUT2D eigenvalue weighted by molar-refractivity contribution is 0.0174. The summed E-state index contributed by atoms with van der Waals surface area (Å²) in [5, 5.41) is 33.6. The number of carbonyl (C=O) groups excluding carboxylic acids is 1. The number of hydrazine groups is 1. The van der Waals surface area contributed by atoms with Gasteiger partial charge in [-0.1, -0.05) is 0 Å². The van der Waals surface area contributed by atoms with E-state index in [1.165, 1.54) is 16.7 Å². The Morgan fingerprint density at radius 2 is 1.96 bits per heavy atom. The van der Waals surface area contributed by atoms with Crippen LogP contribution >= 0.6 is 0 Å². The highest BCUT2D eigenvalue weighted by molar-refractivity contribution is 7.88. The van der Waals surface area contributed by atoms with Crippen molar-refractivity contribution < 1.29 is 23.5 Å². The van der Waals surface area contributed by atoms with Gasteiger partial charge >= 0.3 is 6.03 Å². The highest BCUT2D eigenvalue weighted by atomic mass is 32.2. The van der Waals surface area contributed by atoms with Gasteiger partial charge in [0.25, 0.3) is 0 Å². The van der Waals surface area contributed by atoms with Crippen molar-refractivity contribution in [3.8, 4) is 5.69 Å². The predicted molar refractivity (Wildman–Crippen MR) is 87.2 cm³/mol. The largest absolute Gasteiger partial charge is 0.733 e. The van der Waals surface area contributed by atoms with Crippen LogP contribution in [-0.4, -0.2) is 40.6 Å². The van der Waals surface area contributed by atoms with E-state index in [0.717, 1.165) is 6.26 Å². The minimum Gasteiger partial charge on any atom is -0.733 e. The molecule has 1 aliphatic heterocycles. The molecule has 1 aromatic heterocycles. The van der Waals surface area contributed by atoms with Crippen molar-refractivity contribution in [2.45, 2.75) is 6.23 Å². The predicted octanol–water partition coefficient (Wildman–Crippen LogP) is 0.473. The Hall–Kier alpha value is -2.64. The van der Waals surface area contributed by atoms with Crippen LogP contribution in [-0.2, 0) is 10.0 Å². The Kier molecular flexibility index (Phi) is 4.14. The molecule has 2 aromatic rings. The van der Waals surface area contributed by atoms with Gasteiger partial charge in [-0.15, -0.1) is 4.83 Å². The number of nitrogens with zero attached hydrogens (tertiary/aromatic N) is 3. The topological polar surface area (TPSA) is 150 Å². The molecule has 0 saturated carbocycles. The molecule has 3 rings (SSSR count). The zero-order valence-corrected chi connectivity index (χ0v) is 13.6. The van der Waals surface area contributed by atoms with Crippen molar-refractivity contribution in [3.63, 3.8) is 0 Å². The van der Waals surface area contributed by atoms with Crippen LogP contribution in [0.25, 0.3) is 5.69 Å². The average molecular weight is 368 g/mol. The van der Waals surface area contributed by atoms with Crippen molar-refractivity contribution in [1.29, 1.82) is 0 Å². The number of amides is 2. The number of sulfonamides is 1. The zero-order valence-electron chi connectivity index (χ0n) is 12.8. The van der Waals surface area contributed by atoms with E-state index in [4.69, 9.17) is 0 Å². The highest BCUT2D eigenvalue weighted by Crippen LogP contribution is 2.37. The highest BCUT2D eigenvalue weighted by Gasteiger charge is 2.34. The van der Waals surface area contributed by atoms with E-state index in [0.29, 0.717) is 5.01 Å². The monoisotopic (exact) mass is 368 g/mol. The van der Waals surface area contributed by atoms with Gasteiger partial charge in [0.05, 0.1) is 23.3 Å². The van der Waals surface area contributed by atoms with Gasteiger partial charge in [0, 0.05) is 18.0 Å². The number of hydrogen-bond acceptors (Lipinski definition) is 7. The van der Waals surface area contributed by atoms with Gasteiger partial charge in [0.1, 0.15) is 0 Å². The van der Waals surface area contributed by atoms with Crippen molar-refractivity contribution >= 4 is 27.4 Å². The first-order valence-corrected chi connectivity index (χ1v) is 8.79. The summed E-state index contributed by atoms with van der Waals surface area (Å²) >= 11 is 0. The van der Waals surface area contributed by atoms with Crippen LogP contribution in [0.15, 0.2) is 36.7 Å². The molecule has 1 aliphatic rings. The second-order valence-electron chi connectivity index (χ2n) is 5.33. The van der Waals surface area contributed by atoms with Crippen molar-refractivity contribution in [3.05, 3.63) is 47.4 Å². The van der Waals surface area contributed by atoms with Gasteiger partial charge < -0.3 is 25.4 Å². The fourth-order valence-electron chi connectivity index (χ4n) is 2.47. The Balaban J connectivity index is 2.12. The third-order valence-electron chi connectivity index (χ3n) is 3.48. The zero-order chi connectivity index (χ0) is 18.4. The van der Waals surface area contributed by atoms with Crippen LogP contribution in [0.4, 0.5) is 16.2 Å². The SMILES string of the molecule is CS(=O)(=O)NN1C(=O)Nc2cc(N([O-])O)c(-n3cccc3)cc2C1O. The van der Waals surface area contributed by atoms with Gasteiger partial charge in [0.2, 0.25) is 10.0 Å². The van der Waals surface area contributed by atoms with E-state index in [2.05, 4.69) is 5.32 Å². The maximum absolute atomic E-state index is 12.0. The summed E-state index contributed by atoms with van der Waals surface area (Å²) in [7, 11) is -3.82. The Bertz CT molecular complexity index is 911. The molecule has 134 valence electrons. The molecule has 2 amide bonds. The molecule has 1 aromatic carbocycles. The van der Waals surface area contributed by atoms with E-state index in [1.807, 2.05) is 4.83 Å². The maximum atomic E-state index is 12.0. The number of aliphatic hydroxyl groups excluding tert-OH is 1. The number of aliphatic hydroxyl groups is 1. The first-order valence-electron chi connectivity index (χ1n) is 6.90. The number of hydrogen-bond donors (Lipinski definition) is 4. The summed E-state index contributed by atoms with van der Waals surface area (Å²) in [4.78, 5) is 13.9. The molecule has 0 spiro atoms. The molecular weight excluding hydrogens is 354 g/mol. The van der Waals surface area contributed by atoms with E-state index in [1.54, 1.807) is 24.5 Å². The number of aromatic nitrogens is 1. The van der Waals surface area contributed by atoms with Crippen LogP contribution < -0.4 is 15.4 Å². The number of fused-ring (bicyclic) bond motifs is 1. The minimum absolute atomic E-state index is 0.0601. The van der Waals surface area contributed by atoms with Gasteiger partial charge in [-0.05, 0) is 24.3 Å². The molecule has 0 saturated heterocycles. The maximum Gasteiger partial charge on any atom is 0.339 e. The molecule has 12 heteroatoms. The molecule has 1 unspecified atom stereocenters. The summed E-state index contributed by atoms with van der Waals surface area (Å²) in [6.45, 7) is 0. The second-order valence-corrected chi connectivity index (χ2v) is 7.06. The molecular formula is C13H14N5O6S-. The molecule has 11 nitrogen and oxygen atoms in total. The lowest BCUT2D eigenvalue weighted by atomic mass is 10.1. The molecule has 1 atom stereocenters. The Morgan fingerprint density at radius 1 is 1.32 bits per heavy atom. The molecule has 0 fully saturated rings. The summed E-state index contributed by atoms with van der Waals surface area (Å²) in [6.07, 6.45) is 2.41. The standard InChI is InChI=1S/C13H14N5O6S/c1-25(23,24)15-17-12(19)8-6-10(16-4-2-3-5-16)11(18(21)22)7-9(8)14-13(17)20/h2-7,12,15,19,21H,1H3,(H,14,20)/q-1. The fraction of sp³-hybridized carbons (Fsp3) is 0.154. The number of anilines is 2. The van der Waals surface area contributed by atoms with Crippen LogP contribution in [0.1, 0.15) is 11.8 Å². The number of carbonyl (C=O) groups is 1. The van der Waals surface area contributed by atoms with Gasteiger partial charge in [-0.3, -0.25) is 5.21 Å². The Labute approximate surface area is 142 Å². The lowest BCUT2D eigenvalue weighted by Gasteiger charge is -2.35. The molecule has 4 N–H and O–H groups in total. The third-order valence-corrected chi connectivity index (χ3v) is 4.01. The van der Waals surface area contributed by atoms with Gasteiger partial charge in [-0.25, -0.2) is 18.2 Å². The number of nitrogens with one attached hydrogen (secondary N) is 2. The molecule has 0 bridgehead atoms. The average Bonchev–Trinajstić information content (AvgIpc) is 3.03. The third kappa shape index (κ3) is 3.29. The number of rotatable bonds is 4. The quantitative estimate of drug-likeness (QED) is 0.573. The number of benzene rings is 1. The van der Waals surface area contributed by atoms with E-state index >= 15 is 0 Å². The lowest BCUT2D eigenvalue weighted by Crippen LogP contribution is -2.52. The van der Waals surface area contributed by atoms with Crippen LogP contribution in [0.2, 0.25) is 0 Å². The summed E-state index contributed by atoms with van der Waals surface area (Å²) in [6, 6.07) is 4.96. The van der Waals surface area contributed by atoms with Crippen LogP contribution in [0, 0.1) is 5.21 Å². The van der Waals surface area contributed by atoms with E-state index < -0.39 is 22.3 Å². The summed E-state index contributed by atoms with van der Waals surface area (Å²) < 4.78 is 24.2. The summed E-state index contributed by atoms with van der Waals surface area (Å²) in [5.41, 5.74) is 0.234. The first-order chi connectivity index (χ1) is 11.7. The van der Waals surface area contributed by atoms with Crippen molar-refractivity contribution in [2.75, 3.05) is 16.8 Å². The Morgan fingerprint density at radius 3 is 2.52 bits per heavy atom. The van der Waals surface area contributed by atoms with Gasteiger partial charge in [0.15, 0.2) is 6.23 Å². The molecule has 0 aliphatic carbocycles. The molecule has 25 heavy (non-hydrogen) atoms. The second kappa shape index (κ2) is 6.02. The first kappa shape index (κ1) is 17.2.